The summed E-state index contributed by atoms with van der Waals surface area (Å²) in [4.78, 5) is 13.4. The van der Waals surface area contributed by atoms with Crippen LogP contribution in [0.1, 0.15) is 284 Å². The van der Waals surface area contributed by atoms with E-state index < -0.39 is 124 Å². The number of ether oxygens (including phenoxy) is 6. The summed E-state index contributed by atoms with van der Waals surface area (Å²) in [5, 5.41) is 121. The molecule has 3 fully saturated rings. The number of allylic oxidation sites excluding steroid dienone is 5. The summed E-state index contributed by atoms with van der Waals surface area (Å²) in [6.45, 7) is 1.75. The molecule has 17 unspecified atom stereocenters. The number of unbranched alkanes of at least 4 members (excludes halogenated alkanes) is 37. The van der Waals surface area contributed by atoms with Crippen molar-refractivity contribution in [2.75, 3.05) is 26.4 Å². The number of carbonyl (C=O) groups excluding carboxylic acids is 1. The topological polar surface area (TPSA) is 307 Å². The quantitative estimate of drug-likeness (QED) is 0.0199. The summed E-state index contributed by atoms with van der Waals surface area (Å²) >= 11 is 0. The second kappa shape index (κ2) is 54.1. The third-order valence-corrected chi connectivity index (χ3v) is 18.4. The van der Waals surface area contributed by atoms with E-state index in [9.17, 15) is 61.0 Å². The van der Waals surface area contributed by atoms with Gasteiger partial charge in [0.2, 0.25) is 5.91 Å². The van der Waals surface area contributed by atoms with Gasteiger partial charge in [0.15, 0.2) is 18.9 Å². The maximum Gasteiger partial charge on any atom is 0.220 e. The monoisotopic (exact) mass is 1300 g/mol. The van der Waals surface area contributed by atoms with Crippen molar-refractivity contribution < 1.29 is 89.4 Å². The SMILES string of the molecule is CCCCCCCCCCCCCCCCC/C=C/CC/C=C/CC/C=C/C(O)C(COC1OC(CO)C(OC2OC(CO)C(OC3OC(CO)C(O)C(O)C3O)C(O)C2O)C(O)C1O)NC(=O)CCCCCCCCCCCCCCCCCCCCCCC. The third-order valence-electron chi connectivity index (χ3n) is 18.4. The van der Waals surface area contributed by atoms with Crippen molar-refractivity contribution in [3.63, 3.8) is 0 Å². The summed E-state index contributed by atoms with van der Waals surface area (Å²) in [6.07, 6.45) is 37.0. The van der Waals surface area contributed by atoms with Gasteiger partial charge in [-0.25, -0.2) is 0 Å². The second-order valence-corrected chi connectivity index (χ2v) is 26.4. The maximum absolute atomic E-state index is 13.4. The van der Waals surface area contributed by atoms with Crippen LogP contribution in [0.2, 0.25) is 0 Å². The first kappa shape index (κ1) is 83.2. The van der Waals surface area contributed by atoms with Crippen LogP contribution in [0.3, 0.4) is 0 Å². The van der Waals surface area contributed by atoms with Crippen LogP contribution >= 0.6 is 0 Å². The van der Waals surface area contributed by atoms with Gasteiger partial charge in [-0.15, -0.1) is 0 Å². The molecule has 19 heteroatoms. The lowest BCUT2D eigenvalue weighted by Gasteiger charge is -2.48. The van der Waals surface area contributed by atoms with Crippen molar-refractivity contribution in [1.29, 1.82) is 0 Å². The summed E-state index contributed by atoms with van der Waals surface area (Å²) in [7, 11) is 0. The van der Waals surface area contributed by atoms with Gasteiger partial charge in [-0.2, -0.15) is 0 Å². The predicted molar refractivity (Wildman–Crippen MR) is 356 cm³/mol. The van der Waals surface area contributed by atoms with E-state index in [-0.39, 0.29) is 18.9 Å². The fourth-order valence-electron chi connectivity index (χ4n) is 12.5. The molecule has 0 spiro atoms. The Labute approximate surface area is 549 Å². The van der Waals surface area contributed by atoms with Crippen molar-refractivity contribution >= 4 is 5.91 Å². The zero-order chi connectivity index (χ0) is 66.1. The first-order chi connectivity index (χ1) is 44.3. The fraction of sp³-hybridized carbons (Fsp3) is 0.903. The van der Waals surface area contributed by atoms with E-state index in [0.29, 0.717) is 12.8 Å². The highest BCUT2D eigenvalue weighted by Crippen LogP contribution is 2.33. The Hall–Kier alpha value is -1.99. The number of hydrogen-bond acceptors (Lipinski definition) is 18. The number of carbonyl (C=O) groups is 1. The van der Waals surface area contributed by atoms with Crippen molar-refractivity contribution in [3.8, 4) is 0 Å². The lowest BCUT2D eigenvalue weighted by Crippen LogP contribution is -2.66. The molecular formula is C72H133NO18. The molecule has 3 saturated heterocycles. The van der Waals surface area contributed by atoms with Crippen molar-refractivity contribution in [3.05, 3.63) is 36.5 Å². The molecule has 0 aromatic carbocycles. The van der Waals surface area contributed by atoms with Gasteiger partial charge in [0.05, 0.1) is 38.6 Å². The van der Waals surface area contributed by atoms with Crippen molar-refractivity contribution in [2.45, 2.75) is 388 Å². The van der Waals surface area contributed by atoms with Gasteiger partial charge in [-0.1, -0.05) is 269 Å². The molecule has 17 atom stereocenters. The smallest absolute Gasteiger partial charge is 0.220 e. The largest absolute Gasteiger partial charge is 0.394 e. The van der Waals surface area contributed by atoms with Gasteiger partial charge < -0.3 is 89.9 Å². The molecule has 3 rings (SSSR count). The van der Waals surface area contributed by atoms with Crippen LogP contribution in [0.4, 0.5) is 0 Å². The van der Waals surface area contributed by atoms with Gasteiger partial charge in [0, 0.05) is 6.42 Å². The van der Waals surface area contributed by atoms with Crippen LogP contribution in [0.5, 0.6) is 0 Å². The summed E-state index contributed by atoms with van der Waals surface area (Å²) in [5.41, 5.74) is 0. The lowest BCUT2D eigenvalue weighted by atomic mass is 9.96. The molecule has 1 amide bonds. The van der Waals surface area contributed by atoms with Crippen LogP contribution in [-0.4, -0.2) is 193 Å². The molecule has 3 heterocycles. The van der Waals surface area contributed by atoms with Crippen LogP contribution in [-0.2, 0) is 33.2 Å². The van der Waals surface area contributed by atoms with E-state index in [0.717, 1.165) is 44.9 Å². The predicted octanol–water partition coefficient (Wildman–Crippen LogP) is 10.4. The van der Waals surface area contributed by atoms with Crippen LogP contribution in [0.25, 0.3) is 0 Å². The highest BCUT2D eigenvalue weighted by atomic mass is 16.8. The highest BCUT2D eigenvalue weighted by molar-refractivity contribution is 5.76. The summed E-state index contributed by atoms with van der Waals surface area (Å²) in [6, 6.07) is -0.995. The number of aliphatic hydroxyl groups is 11. The molecule has 12 N–H and O–H groups in total. The Balaban J connectivity index is 1.44. The molecule has 3 aliphatic rings. The van der Waals surface area contributed by atoms with E-state index in [1.54, 1.807) is 6.08 Å². The zero-order valence-electron chi connectivity index (χ0n) is 56.6. The van der Waals surface area contributed by atoms with Gasteiger partial charge in [0.25, 0.3) is 0 Å². The number of amides is 1. The van der Waals surface area contributed by atoms with Gasteiger partial charge in [-0.05, 0) is 44.9 Å². The van der Waals surface area contributed by atoms with Crippen molar-refractivity contribution in [2.24, 2.45) is 0 Å². The van der Waals surface area contributed by atoms with Crippen molar-refractivity contribution in [1.82, 2.24) is 5.32 Å². The molecule has 534 valence electrons. The van der Waals surface area contributed by atoms with Gasteiger partial charge in [0.1, 0.15) is 73.2 Å². The molecule has 0 aromatic rings. The molecule has 19 nitrogen and oxygen atoms in total. The average Bonchev–Trinajstić information content (AvgIpc) is 0.885. The average molecular weight is 1300 g/mol. The number of aliphatic hydroxyl groups excluding tert-OH is 11. The molecule has 0 saturated carbocycles. The Morgan fingerprint density at radius 1 is 0.385 bits per heavy atom. The standard InChI is InChI=1S/C72H133NO18/c1-3-5-7-9-11-13-15-17-19-21-23-25-26-27-28-30-31-33-35-37-39-41-43-45-47-49-56(77)55(73-60(78)50-48-46-44-42-40-38-36-34-32-29-24-22-20-18-16-14-12-10-8-6-4-2)54-86-70-66(84)63(81)68(58(52-75)88-70)91-72-67(85)64(82)69(59(53-76)89-72)90-71-65(83)62(80)61(79)57(51-74)87-71/h31,33,39,41,47,49,55-59,61-72,74-77,79-85H,3-30,32,34-38,40,42-46,48,50-54H2,1-2H3,(H,73,78)/b33-31+,41-39+,49-47+. The Morgan fingerprint density at radius 3 is 1.10 bits per heavy atom. The van der Waals surface area contributed by atoms with Crippen LogP contribution < -0.4 is 5.32 Å². The Kier molecular flexibility index (Phi) is 49.5. The van der Waals surface area contributed by atoms with Gasteiger partial charge in [-0.3, -0.25) is 4.79 Å². The minimum Gasteiger partial charge on any atom is -0.394 e. The molecule has 0 bridgehead atoms. The molecule has 91 heavy (non-hydrogen) atoms. The fourth-order valence-corrected chi connectivity index (χ4v) is 12.5. The van der Waals surface area contributed by atoms with Crippen LogP contribution in [0.15, 0.2) is 36.5 Å². The molecule has 0 aromatic heterocycles. The van der Waals surface area contributed by atoms with E-state index >= 15 is 0 Å². The highest BCUT2D eigenvalue weighted by Gasteiger charge is 2.53. The molecule has 0 aliphatic carbocycles. The molecule has 0 radical (unpaired) electrons. The molecule has 3 aliphatic heterocycles. The van der Waals surface area contributed by atoms with Gasteiger partial charge >= 0.3 is 0 Å². The minimum atomic E-state index is -1.98. The number of rotatable bonds is 57. The first-order valence-corrected chi connectivity index (χ1v) is 36.7. The normalized spacial score (nSPS) is 28.0. The van der Waals surface area contributed by atoms with E-state index in [2.05, 4.69) is 43.5 Å². The Bertz CT molecular complexity index is 1790. The van der Waals surface area contributed by atoms with Crippen LogP contribution in [0, 0.1) is 0 Å². The first-order valence-electron chi connectivity index (χ1n) is 36.7. The minimum absolute atomic E-state index is 0.236. The molecular weight excluding hydrogens is 1170 g/mol. The van der Waals surface area contributed by atoms with E-state index in [1.807, 2.05) is 6.08 Å². The number of nitrogens with one attached hydrogen (secondary N) is 1. The lowest BCUT2D eigenvalue weighted by molar-refractivity contribution is -0.379. The third kappa shape index (κ3) is 35.7. The maximum atomic E-state index is 13.4. The number of hydrogen-bond donors (Lipinski definition) is 12. The summed E-state index contributed by atoms with van der Waals surface area (Å²) < 4.78 is 34.4. The summed E-state index contributed by atoms with van der Waals surface area (Å²) in [5.74, 6) is -0.285. The zero-order valence-corrected chi connectivity index (χ0v) is 56.6. The van der Waals surface area contributed by atoms with E-state index in [4.69, 9.17) is 28.4 Å². The second-order valence-electron chi connectivity index (χ2n) is 26.4. The van der Waals surface area contributed by atoms with E-state index in [1.165, 1.54) is 205 Å². The Morgan fingerprint density at radius 2 is 0.703 bits per heavy atom.